The van der Waals surface area contributed by atoms with Crippen LogP contribution in [-0.2, 0) is 5.41 Å². The highest BCUT2D eigenvalue weighted by atomic mass is 35.5. The Hall–Kier alpha value is 1.40. The van der Waals surface area contributed by atoms with Crippen LogP contribution in [0.4, 0.5) is 0 Å². The molecular formula is C17H2Cl12. The summed E-state index contributed by atoms with van der Waals surface area (Å²) in [7, 11) is 0. The van der Waals surface area contributed by atoms with Gasteiger partial charge < -0.3 is 0 Å². The Bertz CT molecular complexity index is 1040. The maximum absolute atomic E-state index is 6.66. The molecule has 2 aromatic carbocycles. The van der Waals surface area contributed by atoms with E-state index in [9.17, 15) is 0 Å². The fourth-order valence-corrected chi connectivity index (χ4v) is 6.22. The zero-order valence-corrected chi connectivity index (χ0v) is 22.3. The van der Waals surface area contributed by atoms with E-state index in [0.29, 0.717) is 0 Å². The minimum atomic E-state index is -1.62. The SMILES string of the molecule is ClC1=C(Cl)C(c2cc(Cl)c(Cl)c(Cl)c2Cl)(c2cc(Cl)c(Cl)c(Cl)c2Cl)C(Cl)=C1Cl. The Kier molecular flexibility index (Phi) is 7.75. The van der Waals surface area contributed by atoms with E-state index >= 15 is 0 Å². The van der Waals surface area contributed by atoms with E-state index in [4.69, 9.17) is 139 Å². The van der Waals surface area contributed by atoms with Crippen LogP contribution in [0, 0.1) is 0 Å². The van der Waals surface area contributed by atoms with Gasteiger partial charge in [-0.1, -0.05) is 139 Å². The topological polar surface area (TPSA) is 0 Å². The van der Waals surface area contributed by atoms with Crippen LogP contribution < -0.4 is 0 Å². The molecule has 0 radical (unpaired) electrons. The van der Waals surface area contributed by atoms with Gasteiger partial charge in [0, 0.05) is 0 Å². The molecular weight excluding hydrogens is 630 g/mol. The second-order valence-electron chi connectivity index (χ2n) is 5.70. The van der Waals surface area contributed by atoms with Crippen molar-refractivity contribution in [3.63, 3.8) is 0 Å². The standard InChI is InChI=1S/C17H2Cl12/c18-5-1-3(7(20)11(24)9(5)22)17(15(28)13(26)14(27)16(17)29)4-2-6(19)10(23)12(25)8(4)21/h1-2H. The van der Waals surface area contributed by atoms with Crippen molar-refractivity contribution in [2.75, 3.05) is 0 Å². The summed E-state index contributed by atoms with van der Waals surface area (Å²) in [5, 5.41) is 0.0101. The van der Waals surface area contributed by atoms with Gasteiger partial charge in [-0.05, 0) is 23.3 Å². The van der Waals surface area contributed by atoms with Crippen molar-refractivity contribution in [3.05, 3.63) is 83.6 Å². The first kappa shape index (κ1) is 25.0. The van der Waals surface area contributed by atoms with E-state index in [1.165, 1.54) is 12.1 Å². The Labute approximate surface area is 226 Å². The minimum absolute atomic E-state index is 0.00791. The van der Waals surface area contributed by atoms with Gasteiger partial charge in [0.05, 0.1) is 65.7 Å². The Morgan fingerprint density at radius 1 is 0.414 bits per heavy atom. The van der Waals surface area contributed by atoms with Crippen molar-refractivity contribution in [2.45, 2.75) is 5.41 Å². The van der Waals surface area contributed by atoms with Crippen molar-refractivity contribution < 1.29 is 0 Å². The summed E-state index contributed by atoms with van der Waals surface area (Å²) in [6.07, 6.45) is 0. The molecule has 29 heavy (non-hydrogen) atoms. The molecule has 154 valence electrons. The van der Waals surface area contributed by atoms with Crippen molar-refractivity contribution in [3.8, 4) is 0 Å². The second-order valence-corrected chi connectivity index (χ2v) is 10.3. The highest BCUT2D eigenvalue weighted by molar-refractivity contribution is 6.56. The van der Waals surface area contributed by atoms with Crippen LogP contribution in [0.3, 0.4) is 0 Å². The Morgan fingerprint density at radius 3 is 1.03 bits per heavy atom. The van der Waals surface area contributed by atoms with E-state index in [2.05, 4.69) is 0 Å². The lowest BCUT2D eigenvalue weighted by Crippen LogP contribution is -2.29. The lowest BCUT2D eigenvalue weighted by Gasteiger charge is -2.34. The van der Waals surface area contributed by atoms with Crippen LogP contribution >= 0.6 is 139 Å². The smallest absolute Gasteiger partial charge is 0.0857 e. The molecule has 0 aliphatic heterocycles. The number of rotatable bonds is 2. The molecule has 2 aromatic rings. The van der Waals surface area contributed by atoms with Crippen molar-refractivity contribution in [2.24, 2.45) is 0 Å². The molecule has 3 rings (SSSR count). The summed E-state index contributed by atoms with van der Waals surface area (Å²) in [6.45, 7) is 0. The number of hydrogen-bond donors (Lipinski definition) is 0. The number of halogens is 12. The fourth-order valence-electron chi connectivity index (χ4n) is 2.93. The van der Waals surface area contributed by atoms with Gasteiger partial charge >= 0.3 is 0 Å². The molecule has 0 spiro atoms. The van der Waals surface area contributed by atoms with Gasteiger partial charge in [-0.25, -0.2) is 0 Å². The third-order valence-electron chi connectivity index (χ3n) is 4.25. The molecule has 0 bridgehead atoms. The molecule has 12 heteroatoms. The molecule has 1 aliphatic carbocycles. The lowest BCUT2D eigenvalue weighted by atomic mass is 9.75. The largest absolute Gasteiger partial charge is 0.0976 e. The summed E-state index contributed by atoms with van der Waals surface area (Å²) in [4.78, 5) is 0. The zero-order chi connectivity index (χ0) is 22.0. The van der Waals surface area contributed by atoms with E-state index in [-0.39, 0.29) is 71.4 Å². The summed E-state index contributed by atoms with van der Waals surface area (Å²) in [6, 6.07) is 2.85. The molecule has 0 heterocycles. The van der Waals surface area contributed by atoms with Crippen LogP contribution in [0.5, 0.6) is 0 Å². The third kappa shape index (κ3) is 3.68. The number of allylic oxidation sites excluding steroid dienone is 4. The highest BCUT2D eigenvalue weighted by Gasteiger charge is 2.52. The average molecular weight is 632 g/mol. The molecule has 0 saturated heterocycles. The molecule has 0 amide bonds. The maximum Gasteiger partial charge on any atom is 0.0976 e. The number of benzene rings is 2. The summed E-state index contributed by atoms with van der Waals surface area (Å²) in [5.41, 5.74) is -1.21. The number of hydrogen-bond acceptors (Lipinski definition) is 0. The summed E-state index contributed by atoms with van der Waals surface area (Å²) >= 11 is 76.3. The van der Waals surface area contributed by atoms with Crippen LogP contribution in [-0.4, -0.2) is 0 Å². The summed E-state index contributed by atoms with van der Waals surface area (Å²) in [5.74, 6) is 0. The van der Waals surface area contributed by atoms with Gasteiger partial charge in [-0.3, -0.25) is 0 Å². The molecule has 0 aromatic heterocycles. The van der Waals surface area contributed by atoms with Gasteiger partial charge in [0.1, 0.15) is 0 Å². The molecule has 0 fully saturated rings. The minimum Gasteiger partial charge on any atom is -0.0857 e. The molecule has 1 aliphatic rings. The van der Waals surface area contributed by atoms with Crippen LogP contribution in [0.15, 0.2) is 32.3 Å². The van der Waals surface area contributed by atoms with Crippen LogP contribution in [0.1, 0.15) is 11.1 Å². The molecule has 0 nitrogen and oxygen atoms in total. The van der Waals surface area contributed by atoms with Gasteiger partial charge in [-0.15, -0.1) is 0 Å². The Balaban J connectivity index is 2.61. The first-order chi connectivity index (χ1) is 13.4. The predicted molar refractivity (Wildman–Crippen MR) is 131 cm³/mol. The zero-order valence-electron chi connectivity index (χ0n) is 13.2. The average Bonchev–Trinajstić information content (AvgIpc) is 2.85. The van der Waals surface area contributed by atoms with Gasteiger partial charge in [0.15, 0.2) is 0 Å². The third-order valence-corrected chi connectivity index (χ3v) is 9.74. The van der Waals surface area contributed by atoms with E-state index in [0.717, 1.165) is 0 Å². The molecule has 0 saturated carbocycles. The van der Waals surface area contributed by atoms with Gasteiger partial charge in [-0.2, -0.15) is 0 Å². The van der Waals surface area contributed by atoms with Crippen LogP contribution in [0.25, 0.3) is 0 Å². The second kappa shape index (κ2) is 8.98. The molecule has 0 N–H and O–H groups in total. The van der Waals surface area contributed by atoms with E-state index in [1.807, 2.05) is 0 Å². The van der Waals surface area contributed by atoms with Crippen molar-refractivity contribution in [1.82, 2.24) is 0 Å². The molecule has 0 atom stereocenters. The van der Waals surface area contributed by atoms with Gasteiger partial charge in [0.2, 0.25) is 0 Å². The predicted octanol–water partition coefficient (Wildman–Crippen LogP) is 11.6. The normalized spacial score (nSPS) is 16.3. The van der Waals surface area contributed by atoms with E-state index < -0.39 is 5.41 Å². The first-order valence-corrected chi connectivity index (χ1v) is 11.7. The lowest BCUT2D eigenvalue weighted by molar-refractivity contribution is 0.794. The molecule has 0 unspecified atom stereocenters. The Morgan fingerprint density at radius 2 is 0.724 bits per heavy atom. The monoisotopic (exact) mass is 626 g/mol. The highest BCUT2D eigenvalue weighted by Crippen LogP contribution is 2.62. The fraction of sp³-hybridized carbons (Fsp3) is 0.0588. The quantitative estimate of drug-likeness (QED) is 0.229. The van der Waals surface area contributed by atoms with Crippen molar-refractivity contribution >= 4 is 139 Å². The maximum atomic E-state index is 6.66. The van der Waals surface area contributed by atoms with Crippen LogP contribution in [0.2, 0.25) is 40.2 Å². The summed E-state index contributed by atoms with van der Waals surface area (Å²) < 4.78 is 0. The van der Waals surface area contributed by atoms with E-state index in [1.54, 1.807) is 0 Å². The van der Waals surface area contributed by atoms with Crippen molar-refractivity contribution in [1.29, 1.82) is 0 Å². The van der Waals surface area contributed by atoms with Gasteiger partial charge in [0.25, 0.3) is 0 Å². The first-order valence-electron chi connectivity index (χ1n) is 7.17.